The number of benzene rings is 2. The molecule has 33 heavy (non-hydrogen) atoms. The Balaban J connectivity index is 1.39. The Morgan fingerprint density at radius 2 is 1.76 bits per heavy atom. The van der Waals surface area contributed by atoms with E-state index in [1.54, 1.807) is 60.7 Å². The van der Waals surface area contributed by atoms with Crippen LogP contribution in [0.2, 0.25) is 0 Å². The SMILES string of the molecule is CN1CCNC(C(=O)c2ccc(Nc3ncc(-c4ccc(OC(F)F)cc4)cn3)cc2)C1=O. The van der Waals surface area contributed by atoms with Crippen molar-refractivity contribution in [1.82, 2.24) is 20.2 Å². The minimum atomic E-state index is -2.87. The maximum Gasteiger partial charge on any atom is 0.387 e. The van der Waals surface area contributed by atoms with Crippen LogP contribution in [0.25, 0.3) is 11.1 Å². The van der Waals surface area contributed by atoms with Crippen LogP contribution in [-0.2, 0) is 4.79 Å². The van der Waals surface area contributed by atoms with Crippen molar-refractivity contribution in [1.29, 1.82) is 0 Å². The smallest absolute Gasteiger partial charge is 0.387 e. The number of piperazine rings is 1. The summed E-state index contributed by atoms with van der Waals surface area (Å²) in [7, 11) is 1.68. The van der Waals surface area contributed by atoms with Crippen molar-refractivity contribution in [3.8, 4) is 16.9 Å². The van der Waals surface area contributed by atoms with Gasteiger partial charge in [-0.1, -0.05) is 12.1 Å². The average Bonchev–Trinajstić information content (AvgIpc) is 2.82. The van der Waals surface area contributed by atoms with Crippen molar-refractivity contribution < 1.29 is 23.1 Å². The highest BCUT2D eigenvalue weighted by Crippen LogP contribution is 2.23. The predicted molar refractivity (Wildman–Crippen MR) is 118 cm³/mol. The van der Waals surface area contributed by atoms with Gasteiger partial charge >= 0.3 is 6.61 Å². The van der Waals surface area contributed by atoms with Gasteiger partial charge in [-0.15, -0.1) is 0 Å². The summed E-state index contributed by atoms with van der Waals surface area (Å²) in [6.07, 6.45) is 3.21. The quantitative estimate of drug-likeness (QED) is 0.419. The fourth-order valence-corrected chi connectivity index (χ4v) is 3.38. The number of carbonyl (C=O) groups excluding carboxylic acids is 2. The van der Waals surface area contributed by atoms with Gasteiger partial charge in [0.05, 0.1) is 0 Å². The lowest BCUT2D eigenvalue weighted by Crippen LogP contribution is -2.56. The number of nitrogens with one attached hydrogen (secondary N) is 2. The number of hydrogen-bond donors (Lipinski definition) is 2. The van der Waals surface area contributed by atoms with Crippen molar-refractivity contribution in [3.05, 3.63) is 66.5 Å². The summed E-state index contributed by atoms with van der Waals surface area (Å²) in [5, 5.41) is 6.01. The Hall–Kier alpha value is -3.92. The van der Waals surface area contributed by atoms with E-state index in [2.05, 4.69) is 25.3 Å². The highest BCUT2D eigenvalue weighted by molar-refractivity contribution is 6.13. The molecule has 1 atom stereocenters. The second-order valence-electron chi connectivity index (χ2n) is 7.41. The maximum absolute atomic E-state index is 12.7. The second kappa shape index (κ2) is 9.70. The molecule has 0 saturated carbocycles. The molecule has 0 aliphatic carbocycles. The van der Waals surface area contributed by atoms with Crippen molar-refractivity contribution in [2.45, 2.75) is 12.7 Å². The van der Waals surface area contributed by atoms with Gasteiger partial charge in [-0.25, -0.2) is 9.97 Å². The number of ether oxygens (including phenoxy) is 1. The van der Waals surface area contributed by atoms with Crippen LogP contribution in [0.1, 0.15) is 10.4 Å². The third-order valence-electron chi connectivity index (χ3n) is 5.17. The number of ketones is 1. The molecule has 3 aromatic rings. The highest BCUT2D eigenvalue weighted by Gasteiger charge is 2.32. The molecule has 1 aliphatic rings. The zero-order valence-electron chi connectivity index (χ0n) is 17.7. The lowest BCUT2D eigenvalue weighted by Gasteiger charge is -2.29. The number of Topliss-reactive ketones (excluding diaryl/α,β-unsaturated/α-hetero) is 1. The Kier molecular flexibility index (Phi) is 6.55. The Labute approximate surface area is 188 Å². The Bertz CT molecular complexity index is 1120. The van der Waals surface area contributed by atoms with Crippen LogP contribution in [0.4, 0.5) is 20.4 Å². The van der Waals surface area contributed by atoms with Gasteiger partial charge in [0.25, 0.3) is 0 Å². The van der Waals surface area contributed by atoms with Crippen LogP contribution < -0.4 is 15.4 Å². The summed E-state index contributed by atoms with van der Waals surface area (Å²) in [5.41, 5.74) is 2.56. The second-order valence-corrected chi connectivity index (χ2v) is 7.41. The molecule has 1 aromatic heterocycles. The van der Waals surface area contributed by atoms with E-state index in [0.29, 0.717) is 35.9 Å². The van der Waals surface area contributed by atoms with Gasteiger partial charge in [-0.05, 0) is 42.0 Å². The van der Waals surface area contributed by atoms with Gasteiger partial charge in [-0.3, -0.25) is 14.9 Å². The van der Waals surface area contributed by atoms with Crippen molar-refractivity contribution in [2.75, 3.05) is 25.5 Å². The van der Waals surface area contributed by atoms with Crippen molar-refractivity contribution >= 4 is 23.3 Å². The van der Waals surface area contributed by atoms with E-state index in [0.717, 1.165) is 5.56 Å². The number of alkyl halides is 2. The molecule has 2 aromatic carbocycles. The molecule has 10 heteroatoms. The molecule has 0 bridgehead atoms. The van der Waals surface area contributed by atoms with E-state index < -0.39 is 12.7 Å². The van der Waals surface area contributed by atoms with E-state index in [1.165, 1.54) is 12.1 Å². The zero-order chi connectivity index (χ0) is 23.4. The monoisotopic (exact) mass is 453 g/mol. The van der Waals surface area contributed by atoms with Gasteiger partial charge in [0.2, 0.25) is 11.9 Å². The van der Waals surface area contributed by atoms with Crippen LogP contribution in [0.15, 0.2) is 60.9 Å². The molecular formula is C23H21F2N5O3. The number of carbonyl (C=O) groups is 2. The van der Waals surface area contributed by atoms with Crippen LogP contribution >= 0.6 is 0 Å². The Morgan fingerprint density at radius 1 is 1.09 bits per heavy atom. The molecule has 4 rings (SSSR count). The topological polar surface area (TPSA) is 96.5 Å². The molecule has 8 nitrogen and oxygen atoms in total. The number of amides is 1. The first kappa shape index (κ1) is 22.3. The van der Waals surface area contributed by atoms with E-state index in [4.69, 9.17) is 0 Å². The number of anilines is 2. The fourth-order valence-electron chi connectivity index (χ4n) is 3.38. The first-order valence-corrected chi connectivity index (χ1v) is 10.2. The van der Waals surface area contributed by atoms with Crippen molar-refractivity contribution in [3.63, 3.8) is 0 Å². The highest BCUT2D eigenvalue weighted by atomic mass is 19.3. The normalized spacial score (nSPS) is 16.1. The van der Waals surface area contributed by atoms with Gasteiger partial charge in [0.1, 0.15) is 5.75 Å². The molecule has 1 unspecified atom stereocenters. The summed E-state index contributed by atoms with van der Waals surface area (Å²) >= 11 is 0. The van der Waals surface area contributed by atoms with Gasteiger partial charge < -0.3 is 15.0 Å². The molecule has 1 fully saturated rings. The van der Waals surface area contributed by atoms with Gasteiger partial charge in [0, 0.05) is 49.3 Å². The minimum Gasteiger partial charge on any atom is -0.435 e. The number of rotatable bonds is 7. The molecule has 1 aliphatic heterocycles. The van der Waals surface area contributed by atoms with Crippen molar-refractivity contribution in [2.24, 2.45) is 0 Å². The number of halogens is 2. The van der Waals surface area contributed by atoms with E-state index in [1.807, 2.05) is 0 Å². The van der Waals surface area contributed by atoms with E-state index in [9.17, 15) is 18.4 Å². The summed E-state index contributed by atoms with van der Waals surface area (Å²) < 4.78 is 28.9. The molecular weight excluding hydrogens is 432 g/mol. The number of nitrogens with zero attached hydrogens (tertiary/aromatic N) is 3. The summed E-state index contributed by atoms with van der Waals surface area (Å²) in [6, 6.07) is 12.0. The van der Waals surface area contributed by atoms with E-state index in [-0.39, 0.29) is 17.4 Å². The lowest BCUT2D eigenvalue weighted by atomic mass is 10.0. The molecule has 2 N–H and O–H groups in total. The Morgan fingerprint density at radius 3 is 2.39 bits per heavy atom. The minimum absolute atomic E-state index is 0.0746. The van der Waals surface area contributed by atoms with Crippen LogP contribution in [-0.4, -0.2) is 59.3 Å². The molecule has 1 amide bonds. The maximum atomic E-state index is 12.7. The molecule has 0 radical (unpaired) electrons. The average molecular weight is 453 g/mol. The standard InChI is InChI=1S/C23H21F2N5O3/c1-30-11-10-26-19(21(30)32)20(31)15-2-6-17(7-3-15)29-23-27-12-16(13-28-23)14-4-8-18(9-5-14)33-22(24)25/h2-9,12-13,19,22,26H,10-11H2,1H3,(H,27,28,29). The number of aromatic nitrogens is 2. The summed E-state index contributed by atoms with van der Waals surface area (Å²) in [5.74, 6) is -0.0893. The van der Waals surface area contributed by atoms with Gasteiger partial charge in [0.15, 0.2) is 11.8 Å². The summed E-state index contributed by atoms with van der Waals surface area (Å²) in [4.78, 5) is 35.0. The molecule has 2 heterocycles. The summed E-state index contributed by atoms with van der Waals surface area (Å²) in [6.45, 7) is -1.73. The van der Waals surface area contributed by atoms with Gasteiger partial charge in [-0.2, -0.15) is 8.78 Å². The third-order valence-corrected chi connectivity index (χ3v) is 5.17. The molecule has 1 saturated heterocycles. The third kappa shape index (κ3) is 5.29. The number of hydrogen-bond acceptors (Lipinski definition) is 7. The first-order chi connectivity index (χ1) is 15.9. The molecule has 0 spiro atoms. The molecule has 170 valence electrons. The predicted octanol–water partition coefficient (Wildman–Crippen LogP) is 3.10. The van der Waals surface area contributed by atoms with Crippen LogP contribution in [0, 0.1) is 0 Å². The largest absolute Gasteiger partial charge is 0.435 e. The first-order valence-electron chi connectivity index (χ1n) is 10.2. The fraction of sp³-hybridized carbons (Fsp3) is 0.217. The zero-order valence-corrected chi connectivity index (χ0v) is 17.7. The van der Waals surface area contributed by atoms with Crippen LogP contribution in [0.5, 0.6) is 5.75 Å². The number of likely N-dealkylation sites (N-methyl/N-ethyl adjacent to an activating group) is 1. The lowest BCUT2D eigenvalue weighted by molar-refractivity contribution is -0.132. The van der Waals surface area contributed by atoms with E-state index >= 15 is 0 Å². The van der Waals surface area contributed by atoms with Crippen LogP contribution in [0.3, 0.4) is 0 Å².